The Morgan fingerprint density at radius 3 is 2.24 bits per heavy atom. The fourth-order valence-electron chi connectivity index (χ4n) is 0.906. The van der Waals surface area contributed by atoms with E-state index in [0.29, 0.717) is 0 Å². The zero-order chi connectivity index (χ0) is 13.7. The molecule has 0 aromatic rings. The first-order valence-corrected chi connectivity index (χ1v) is 4.91. The highest BCUT2D eigenvalue weighted by molar-refractivity contribution is 5.67. The molecule has 0 aromatic carbocycles. The lowest BCUT2D eigenvalue weighted by Crippen LogP contribution is -2.41. The first-order valence-electron chi connectivity index (χ1n) is 4.91. The van der Waals surface area contributed by atoms with E-state index in [1.54, 1.807) is 20.8 Å². The van der Waals surface area contributed by atoms with Gasteiger partial charge in [0.1, 0.15) is 5.60 Å². The van der Waals surface area contributed by atoms with Gasteiger partial charge in [0.15, 0.2) is 0 Å². The van der Waals surface area contributed by atoms with Crippen molar-refractivity contribution >= 4 is 6.09 Å². The molecule has 3 N–H and O–H groups in total. The topological polar surface area (TPSA) is 73.6 Å². The van der Waals surface area contributed by atoms with Gasteiger partial charge in [-0.05, 0) is 20.8 Å². The van der Waals surface area contributed by atoms with Gasteiger partial charge < -0.3 is 14.9 Å². The second kappa shape index (κ2) is 6.06. The number of rotatable bonds is 4. The van der Waals surface area contributed by atoms with E-state index in [4.69, 9.17) is 4.74 Å². The first kappa shape index (κ1) is 16.0. The summed E-state index contributed by atoms with van der Waals surface area (Å²) >= 11 is 0. The Hall–Kier alpha value is -1.02. The summed E-state index contributed by atoms with van der Waals surface area (Å²) in [6.45, 7) is 3.46. The van der Waals surface area contributed by atoms with Gasteiger partial charge in [-0.3, -0.25) is 0 Å². The number of halogens is 3. The Morgan fingerprint density at radius 2 is 1.88 bits per heavy atom. The van der Waals surface area contributed by atoms with Crippen LogP contribution in [-0.4, -0.2) is 31.0 Å². The van der Waals surface area contributed by atoms with Gasteiger partial charge in [0.2, 0.25) is 0 Å². The Bertz CT molecular complexity index is 251. The molecule has 0 rings (SSSR count). The van der Waals surface area contributed by atoms with Crippen LogP contribution in [0.5, 0.6) is 0 Å². The Morgan fingerprint density at radius 1 is 1.35 bits per heavy atom. The lowest BCUT2D eigenvalue weighted by molar-refractivity contribution is -0.186. The number of hydrogen-bond acceptors (Lipinski definition) is 4. The van der Waals surface area contributed by atoms with E-state index in [2.05, 4.69) is 10.7 Å². The molecule has 1 unspecified atom stereocenters. The van der Waals surface area contributed by atoms with Crippen LogP contribution in [0.4, 0.5) is 18.0 Å². The molecular weight excluding hydrogens is 241 g/mol. The standard InChI is InChI=1S/C9H17F3N2O3/c1-8(2,3)17-7(15)14-4-6(5-16-13)9(10,11)12/h6H,4-5,13H2,1-3H3,(H,14,15). The van der Waals surface area contributed by atoms with Crippen LogP contribution >= 0.6 is 0 Å². The molecule has 0 bridgehead atoms. The van der Waals surface area contributed by atoms with Crippen LogP contribution in [-0.2, 0) is 9.57 Å². The number of carbonyl (C=O) groups is 1. The second-order valence-electron chi connectivity index (χ2n) is 4.45. The molecule has 0 fully saturated rings. The molecule has 0 saturated carbocycles. The highest BCUT2D eigenvalue weighted by atomic mass is 19.4. The van der Waals surface area contributed by atoms with Gasteiger partial charge in [0, 0.05) is 6.54 Å². The van der Waals surface area contributed by atoms with Crippen molar-refractivity contribution in [3.05, 3.63) is 0 Å². The van der Waals surface area contributed by atoms with Crippen molar-refractivity contribution in [2.45, 2.75) is 32.5 Å². The van der Waals surface area contributed by atoms with Crippen molar-refractivity contribution in [2.24, 2.45) is 11.8 Å². The lowest BCUT2D eigenvalue weighted by atomic mass is 10.1. The van der Waals surface area contributed by atoms with E-state index in [-0.39, 0.29) is 0 Å². The van der Waals surface area contributed by atoms with Crippen LogP contribution in [0.1, 0.15) is 20.8 Å². The van der Waals surface area contributed by atoms with Gasteiger partial charge in [-0.15, -0.1) is 0 Å². The molecule has 0 spiro atoms. The number of hydrogen-bond donors (Lipinski definition) is 2. The minimum absolute atomic E-state index is 0.643. The van der Waals surface area contributed by atoms with Crippen LogP contribution in [0.3, 0.4) is 0 Å². The summed E-state index contributed by atoms with van der Waals surface area (Å²) in [5, 5.41) is 2.01. The summed E-state index contributed by atoms with van der Waals surface area (Å²) in [7, 11) is 0. The summed E-state index contributed by atoms with van der Waals surface area (Å²) in [6.07, 6.45) is -5.40. The molecule has 0 aliphatic rings. The zero-order valence-corrected chi connectivity index (χ0v) is 9.93. The molecule has 102 valence electrons. The molecule has 17 heavy (non-hydrogen) atoms. The molecule has 0 radical (unpaired) electrons. The van der Waals surface area contributed by atoms with Crippen molar-refractivity contribution in [1.82, 2.24) is 5.32 Å². The van der Waals surface area contributed by atoms with Gasteiger partial charge in [0.05, 0.1) is 12.5 Å². The first-order chi connectivity index (χ1) is 7.56. The number of amides is 1. The SMILES string of the molecule is CC(C)(C)OC(=O)NCC(CON)C(F)(F)F. The molecule has 0 aromatic heterocycles. The van der Waals surface area contributed by atoms with Crippen molar-refractivity contribution in [2.75, 3.05) is 13.2 Å². The molecule has 8 heteroatoms. The van der Waals surface area contributed by atoms with E-state index >= 15 is 0 Å². The summed E-state index contributed by atoms with van der Waals surface area (Å²) in [5.74, 6) is 2.73. The Balaban J connectivity index is 4.18. The summed E-state index contributed by atoms with van der Waals surface area (Å²) < 4.78 is 41.9. The molecule has 0 aliphatic carbocycles. The molecular formula is C9H17F3N2O3. The maximum atomic E-state index is 12.4. The predicted octanol–water partition coefficient (Wildman–Crippen LogP) is 1.58. The number of nitrogens with two attached hydrogens (primary N) is 1. The van der Waals surface area contributed by atoms with Gasteiger partial charge in [-0.2, -0.15) is 13.2 Å². The van der Waals surface area contributed by atoms with Crippen LogP contribution in [0.25, 0.3) is 0 Å². The zero-order valence-electron chi connectivity index (χ0n) is 9.93. The van der Waals surface area contributed by atoms with Crippen LogP contribution < -0.4 is 11.2 Å². The average molecular weight is 258 g/mol. The highest BCUT2D eigenvalue weighted by Crippen LogP contribution is 2.25. The molecule has 1 atom stereocenters. The summed E-state index contributed by atoms with van der Waals surface area (Å²) in [5.41, 5.74) is -0.762. The Labute approximate surface area is 97.4 Å². The fourth-order valence-corrected chi connectivity index (χ4v) is 0.906. The van der Waals surface area contributed by atoms with Gasteiger partial charge in [-0.25, -0.2) is 10.7 Å². The number of alkyl carbamates (subject to hydrolysis) is 1. The minimum atomic E-state index is -4.49. The van der Waals surface area contributed by atoms with Crippen molar-refractivity contribution in [1.29, 1.82) is 0 Å². The van der Waals surface area contributed by atoms with Gasteiger partial charge >= 0.3 is 12.3 Å². The lowest BCUT2D eigenvalue weighted by Gasteiger charge is -2.22. The third-order valence-electron chi connectivity index (χ3n) is 1.65. The third-order valence-corrected chi connectivity index (χ3v) is 1.65. The highest BCUT2D eigenvalue weighted by Gasteiger charge is 2.40. The minimum Gasteiger partial charge on any atom is -0.444 e. The Kier molecular flexibility index (Phi) is 5.70. The number of nitrogens with one attached hydrogen (secondary N) is 1. The fraction of sp³-hybridized carbons (Fsp3) is 0.889. The van der Waals surface area contributed by atoms with Gasteiger partial charge in [0.25, 0.3) is 0 Å². The van der Waals surface area contributed by atoms with Crippen molar-refractivity contribution < 1.29 is 27.5 Å². The third kappa shape index (κ3) is 7.81. The predicted molar refractivity (Wildman–Crippen MR) is 53.9 cm³/mol. The van der Waals surface area contributed by atoms with Crippen molar-refractivity contribution in [3.63, 3.8) is 0 Å². The molecule has 0 heterocycles. The quantitative estimate of drug-likeness (QED) is 0.751. The summed E-state index contributed by atoms with van der Waals surface area (Å²) in [4.78, 5) is 15.1. The number of alkyl halides is 3. The van der Waals surface area contributed by atoms with Gasteiger partial charge in [-0.1, -0.05) is 0 Å². The summed E-state index contributed by atoms with van der Waals surface area (Å²) in [6, 6.07) is 0. The normalized spacial score (nSPS) is 14.3. The average Bonchev–Trinajstić information content (AvgIpc) is 2.07. The van der Waals surface area contributed by atoms with E-state index in [1.165, 1.54) is 0 Å². The van der Waals surface area contributed by atoms with E-state index in [0.717, 1.165) is 0 Å². The largest absolute Gasteiger partial charge is 0.444 e. The van der Waals surface area contributed by atoms with Crippen molar-refractivity contribution in [3.8, 4) is 0 Å². The molecule has 5 nitrogen and oxygen atoms in total. The number of ether oxygens (including phenoxy) is 1. The second-order valence-corrected chi connectivity index (χ2v) is 4.45. The smallest absolute Gasteiger partial charge is 0.407 e. The monoisotopic (exact) mass is 258 g/mol. The van der Waals surface area contributed by atoms with Crippen LogP contribution in [0.2, 0.25) is 0 Å². The molecule has 1 amide bonds. The van der Waals surface area contributed by atoms with Crippen LogP contribution in [0.15, 0.2) is 0 Å². The van der Waals surface area contributed by atoms with Crippen LogP contribution in [0, 0.1) is 5.92 Å². The maximum Gasteiger partial charge on any atom is 0.407 e. The molecule has 0 saturated heterocycles. The maximum absolute atomic E-state index is 12.4. The molecule has 0 aliphatic heterocycles. The number of carbonyl (C=O) groups excluding carboxylic acids is 1. The van der Waals surface area contributed by atoms with E-state index < -0.39 is 36.9 Å². The van der Waals surface area contributed by atoms with E-state index in [9.17, 15) is 18.0 Å². The van der Waals surface area contributed by atoms with E-state index in [1.807, 2.05) is 5.32 Å².